The van der Waals surface area contributed by atoms with E-state index in [0.717, 1.165) is 19.3 Å². The molecule has 2 heteroatoms. The van der Waals surface area contributed by atoms with Crippen LogP contribution in [0, 0.1) is 0 Å². The number of hydrogen-bond acceptors (Lipinski definition) is 2. The minimum absolute atomic E-state index is 0.216. The maximum absolute atomic E-state index is 11.7. The van der Waals surface area contributed by atoms with Crippen LogP contribution in [0.25, 0.3) is 0 Å². The number of carbonyl (C=O) groups is 1. The van der Waals surface area contributed by atoms with E-state index in [1.165, 1.54) is 18.4 Å². The van der Waals surface area contributed by atoms with Gasteiger partial charge in [-0.05, 0) is 35.2 Å². The fourth-order valence-corrected chi connectivity index (χ4v) is 2.70. The predicted molar refractivity (Wildman–Crippen MR) is 55.2 cm³/mol. The molecule has 1 aromatic heterocycles. The van der Waals surface area contributed by atoms with Crippen molar-refractivity contribution in [3.63, 3.8) is 0 Å². The Bertz CT molecular complexity index is 276. The van der Waals surface area contributed by atoms with E-state index in [9.17, 15) is 4.79 Å². The number of ketones is 1. The van der Waals surface area contributed by atoms with Gasteiger partial charge in [0.15, 0.2) is 0 Å². The molecule has 70 valence electrons. The largest absolute Gasteiger partial charge is 0.299 e. The topological polar surface area (TPSA) is 17.1 Å². The van der Waals surface area contributed by atoms with Crippen LogP contribution >= 0.6 is 11.3 Å². The predicted octanol–water partition coefficient (Wildman–Crippen LogP) is 3.36. The second-order valence-electron chi connectivity index (χ2n) is 3.67. The molecule has 1 aliphatic rings. The third-order valence-electron chi connectivity index (χ3n) is 2.75. The number of thiophene rings is 1. The summed E-state index contributed by atoms with van der Waals surface area (Å²) in [5.74, 6) is 0.671. The van der Waals surface area contributed by atoms with Gasteiger partial charge in [-0.3, -0.25) is 4.79 Å². The Morgan fingerprint density at radius 3 is 3.00 bits per heavy atom. The smallest absolute Gasteiger partial charge is 0.140 e. The highest BCUT2D eigenvalue weighted by atomic mass is 32.1. The summed E-state index contributed by atoms with van der Waals surface area (Å²) >= 11 is 1.69. The van der Waals surface area contributed by atoms with E-state index in [-0.39, 0.29) is 5.92 Å². The van der Waals surface area contributed by atoms with Crippen molar-refractivity contribution in [1.29, 1.82) is 0 Å². The van der Waals surface area contributed by atoms with Crippen LogP contribution in [0.15, 0.2) is 16.8 Å². The van der Waals surface area contributed by atoms with E-state index >= 15 is 0 Å². The van der Waals surface area contributed by atoms with Gasteiger partial charge in [-0.1, -0.05) is 12.8 Å². The lowest BCUT2D eigenvalue weighted by molar-refractivity contribution is -0.120. The van der Waals surface area contributed by atoms with E-state index in [1.54, 1.807) is 11.3 Å². The monoisotopic (exact) mass is 194 g/mol. The SMILES string of the molecule is O=C1CCCCCC1c1ccsc1. The summed E-state index contributed by atoms with van der Waals surface area (Å²) in [6.45, 7) is 0. The highest BCUT2D eigenvalue weighted by Gasteiger charge is 2.22. The molecule has 1 atom stereocenters. The van der Waals surface area contributed by atoms with Gasteiger partial charge in [0.25, 0.3) is 0 Å². The van der Waals surface area contributed by atoms with Crippen LogP contribution in [-0.2, 0) is 4.79 Å². The van der Waals surface area contributed by atoms with E-state index in [4.69, 9.17) is 0 Å². The van der Waals surface area contributed by atoms with Gasteiger partial charge >= 0.3 is 0 Å². The van der Waals surface area contributed by atoms with Gasteiger partial charge in [0, 0.05) is 12.3 Å². The minimum atomic E-state index is 0.216. The van der Waals surface area contributed by atoms with Gasteiger partial charge in [0.2, 0.25) is 0 Å². The maximum Gasteiger partial charge on any atom is 0.140 e. The molecule has 0 amide bonds. The summed E-state index contributed by atoms with van der Waals surface area (Å²) in [6, 6.07) is 2.10. The first-order chi connectivity index (χ1) is 6.38. The summed E-state index contributed by atoms with van der Waals surface area (Å²) in [4.78, 5) is 11.7. The van der Waals surface area contributed by atoms with Gasteiger partial charge in [-0.2, -0.15) is 11.3 Å². The van der Waals surface area contributed by atoms with Crippen molar-refractivity contribution in [3.8, 4) is 0 Å². The molecule has 0 spiro atoms. The van der Waals surface area contributed by atoms with E-state index in [0.29, 0.717) is 5.78 Å². The van der Waals surface area contributed by atoms with E-state index in [1.807, 2.05) is 0 Å². The Labute approximate surface area is 82.8 Å². The first kappa shape index (κ1) is 8.95. The molecule has 1 aromatic rings. The van der Waals surface area contributed by atoms with Crippen LogP contribution in [0.2, 0.25) is 0 Å². The standard InChI is InChI=1S/C11H14OS/c12-11-5-3-1-2-4-10(11)9-6-7-13-8-9/h6-8,10H,1-5H2. The van der Waals surface area contributed by atoms with Crippen molar-refractivity contribution in [3.05, 3.63) is 22.4 Å². The summed E-state index contributed by atoms with van der Waals surface area (Å²) in [5.41, 5.74) is 1.25. The first-order valence-corrected chi connectivity index (χ1v) is 5.87. The van der Waals surface area contributed by atoms with Gasteiger partial charge in [-0.15, -0.1) is 0 Å². The second kappa shape index (κ2) is 4.05. The molecule has 1 unspecified atom stereocenters. The third kappa shape index (κ3) is 1.99. The third-order valence-corrected chi connectivity index (χ3v) is 3.45. The summed E-state index contributed by atoms with van der Waals surface area (Å²) in [7, 11) is 0. The van der Waals surface area contributed by atoms with Crippen LogP contribution in [0.5, 0.6) is 0 Å². The number of hydrogen-bond donors (Lipinski definition) is 0. The molecule has 2 rings (SSSR count). The molecule has 13 heavy (non-hydrogen) atoms. The molecule has 0 bridgehead atoms. The molecule has 0 aromatic carbocycles. The number of rotatable bonds is 1. The highest BCUT2D eigenvalue weighted by molar-refractivity contribution is 7.08. The van der Waals surface area contributed by atoms with Crippen molar-refractivity contribution < 1.29 is 4.79 Å². The zero-order chi connectivity index (χ0) is 9.10. The molecule has 1 aliphatic carbocycles. The van der Waals surface area contributed by atoms with Crippen molar-refractivity contribution in [2.45, 2.75) is 38.0 Å². The van der Waals surface area contributed by atoms with Crippen LogP contribution in [0.4, 0.5) is 0 Å². The lowest BCUT2D eigenvalue weighted by Gasteiger charge is -2.10. The van der Waals surface area contributed by atoms with Crippen LogP contribution < -0.4 is 0 Å². The first-order valence-electron chi connectivity index (χ1n) is 4.93. The maximum atomic E-state index is 11.7. The zero-order valence-electron chi connectivity index (χ0n) is 7.66. The molecule has 1 fully saturated rings. The van der Waals surface area contributed by atoms with Crippen LogP contribution in [0.1, 0.15) is 43.6 Å². The number of carbonyl (C=O) groups excluding carboxylic acids is 1. The fraction of sp³-hybridized carbons (Fsp3) is 0.545. The van der Waals surface area contributed by atoms with Crippen LogP contribution in [0.3, 0.4) is 0 Å². The lowest BCUT2D eigenvalue weighted by atomic mass is 9.93. The van der Waals surface area contributed by atoms with Gasteiger partial charge in [-0.25, -0.2) is 0 Å². The highest BCUT2D eigenvalue weighted by Crippen LogP contribution is 2.29. The molecule has 0 radical (unpaired) electrons. The van der Waals surface area contributed by atoms with Gasteiger partial charge in [0.05, 0.1) is 0 Å². The summed E-state index contributed by atoms with van der Waals surface area (Å²) in [6.07, 6.45) is 5.40. The number of Topliss-reactive ketones (excluding diaryl/α,β-unsaturated/α-hetero) is 1. The van der Waals surface area contributed by atoms with Crippen molar-refractivity contribution in [1.82, 2.24) is 0 Å². The molecule has 0 aliphatic heterocycles. The Morgan fingerprint density at radius 2 is 2.23 bits per heavy atom. The molecule has 0 N–H and O–H groups in total. The van der Waals surface area contributed by atoms with Gasteiger partial charge in [0.1, 0.15) is 5.78 Å². The normalized spacial score (nSPS) is 24.3. The molecule has 0 saturated heterocycles. The average molecular weight is 194 g/mol. The Morgan fingerprint density at radius 1 is 1.31 bits per heavy atom. The van der Waals surface area contributed by atoms with Crippen molar-refractivity contribution in [2.75, 3.05) is 0 Å². The van der Waals surface area contributed by atoms with Crippen molar-refractivity contribution in [2.24, 2.45) is 0 Å². The summed E-state index contributed by atoms with van der Waals surface area (Å²) in [5, 5.41) is 4.18. The lowest BCUT2D eigenvalue weighted by Crippen LogP contribution is -2.09. The van der Waals surface area contributed by atoms with Gasteiger partial charge < -0.3 is 0 Å². The molecule has 1 heterocycles. The zero-order valence-corrected chi connectivity index (χ0v) is 8.48. The molecule has 1 saturated carbocycles. The van der Waals surface area contributed by atoms with Crippen LogP contribution in [-0.4, -0.2) is 5.78 Å². The average Bonchev–Trinajstić information content (AvgIpc) is 2.56. The van der Waals surface area contributed by atoms with E-state index in [2.05, 4.69) is 16.8 Å². The molecular formula is C11H14OS. The Kier molecular flexibility index (Phi) is 2.79. The minimum Gasteiger partial charge on any atom is -0.299 e. The van der Waals surface area contributed by atoms with E-state index < -0.39 is 0 Å². The summed E-state index contributed by atoms with van der Waals surface area (Å²) < 4.78 is 0. The van der Waals surface area contributed by atoms with Crippen molar-refractivity contribution >= 4 is 17.1 Å². The molecule has 1 nitrogen and oxygen atoms in total. The Hall–Kier alpha value is -0.630. The Balaban J connectivity index is 2.16. The molecular weight excluding hydrogens is 180 g/mol. The second-order valence-corrected chi connectivity index (χ2v) is 4.45. The quantitative estimate of drug-likeness (QED) is 0.626. The fourth-order valence-electron chi connectivity index (χ4n) is 1.99.